The van der Waals surface area contributed by atoms with Gasteiger partial charge in [0.05, 0.1) is 0 Å². The Morgan fingerprint density at radius 1 is 1.22 bits per heavy atom. The molecule has 0 saturated carbocycles. The van der Waals surface area contributed by atoms with Gasteiger partial charge >= 0.3 is 10.1 Å². The van der Waals surface area contributed by atoms with Crippen LogP contribution < -0.4 is 0 Å². The van der Waals surface area contributed by atoms with Crippen LogP contribution >= 0.6 is 11.3 Å². The molecule has 0 radical (unpaired) electrons. The van der Waals surface area contributed by atoms with Crippen LogP contribution in [0.3, 0.4) is 0 Å². The molecule has 0 spiro atoms. The number of hydrogen-bond donors (Lipinski definition) is 1. The Morgan fingerprint density at radius 3 is 2.44 bits per heavy atom. The van der Waals surface area contributed by atoms with Crippen molar-refractivity contribution in [3.63, 3.8) is 0 Å². The van der Waals surface area contributed by atoms with E-state index in [4.69, 9.17) is 4.55 Å². The van der Waals surface area contributed by atoms with Gasteiger partial charge in [-0.15, -0.1) is 11.3 Å². The van der Waals surface area contributed by atoms with Gasteiger partial charge in [-0.1, -0.05) is 36.9 Å². The number of rotatable bonds is 4. The van der Waals surface area contributed by atoms with E-state index < -0.39 is 10.1 Å². The summed E-state index contributed by atoms with van der Waals surface area (Å²) >= 11 is 1.03. The highest BCUT2D eigenvalue weighted by molar-refractivity contribution is 7.88. The molecule has 0 aliphatic carbocycles. The van der Waals surface area contributed by atoms with Crippen LogP contribution in [-0.4, -0.2) is 13.0 Å². The Bertz CT molecular complexity index is 652. The summed E-state index contributed by atoms with van der Waals surface area (Å²) in [5.41, 5.74) is 2.62. The Kier molecular flexibility index (Phi) is 3.65. The molecule has 2 aromatic rings. The maximum atomic E-state index is 11.2. The van der Waals surface area contributed by atoms with Gasteiger partial charge < -0.3 is 0 Å². The molecule has 1 heterocycles. The Labute approximate surface area is 110 Å². The minimum Gasteiger partial charge on any atom is -0.281 e. The minimum atomic E-state index is -4.12. The fraction of sp³-hybridized carbons (Fsp3) is 0.0769. The molecule has 0 atom stereocenters. The molecule has 0 aliphatic heterocycles. The fourth-order valence-electron chi connectivity index (χ4n) is 1.67. The van der Waals surface area contributed by atoms with Gasteiger partial charge in [0, 0.05) is 0 Å². The fourth-order valence-corrected chi connectivity index (χ4v) is 3.44. The van der Waals surface area contributed by atoms with E-state index >= 15 is 0 Å². The van der Waals surface area contributed by atoms with Crippen LogP contribution in [0.15, 0.2) is 46.5 Å². The number of thiophene rings is 1. The SMILES string of the molecule is C=Cc1ccc(Cc2ccsc2S(=O)(=O)O)cc1. The Hall–Kier alpha value is -1.43. The lowest BCUT2D eigenvalue weighted by Gasteiger charge is -2.02. The Morgan fingerprint density at radius 2 is 1.89 bits per heavy atom. The van der Waals surface area contributed by atoms with Crippen LogP contribution in [0.25, 0.3) is 6.08 Å². The highest BCUT2D eigenvalue weighted by Crippen LogP contribution is 2.25. The van der Waals surface area contributed by atoms with Crippen molar-refractivity contribution in [3.05, 3.63) is 59.0 Å². The van der Waals surface area contributed by atoms with Crippen LogP contribution in [0.5, 0.6) is 0 Å². The molecule has 0 aliphatic rings. The van der Waals surface area contributed by atoms with Crippen molar-refractivity contribution in [1.29, 1.82) is 0 Å². The predicted octanol–water partition coefficient (Wildman–Crippen LogP) is 3.23. The molecule has 18 heavy (non-hydrogen) atoms. The van der Waals surface area contributed by atoms with Crippen molar-refractivity contribution < 1.29 is 13.0 Å². The molecule has 0 unspecified atom stereocenters. The standard InChI is InChI=1S/C13H12O3S2/c1-2-10-3-5-11(6-4-10)9-12-7-8-17-13(12)18(14,15)16/h2-8H,1,9H2,(H,14,15,16). The molecule has 1 aromatic carbocycles. The highest BCUT2D eigenvalue weighted by Gasteiger charge is 2.16. The molecule has 5 heteroatoms. The molecule has 0 fully saturated rings. The van der Waals surface area contributed by atoms with Crippen LogP contribution in [0, 0.1) is 0 Å². The average Bonchev–Trinajstić information content (AvgIpc) is 2.78. The third-order valence-corrected chi connectivity index (χ3v) is 4.95. The monoisotopic (exact) mass is 280 g/mol. The summed E-state index contributed by atoms with van der Waals surface area (Å²) in [6.07, 6.45) is 2.23. The first kappa shape index (κ1) is 13.0. The highest BCUT2D eigenvalue weighted by atomic mass is 32.3. The second-order valence-electron chi connectivity index (χ2n) is 3.83. The first-order chi connectivity index (χ1) is 8.50. The van der Waals surface area contributed by atoms with Gasteiger partial charge in [0.2, 0.25) is 0 Å². The third kappa shape index (κ3) is 2.87. The lowest BCUT2D eigenvalue weighted by molar-refractivity contribution is 0.485. The van der Waals surface area contributed by atoms with E-state index in [1.807, 2.05) is 24.3 Å². The minimum absolute atomic E-state index is 0.0234. The molecular formula is C13H12O3S2. The van der Waals surface area contributed by atoms with Gasteiger partial charge in [0.1, 0.15) is 4.21 Å². The van der Waals surface area contributed by atoms with E-state index in [0.717, 1.165) is 22.5 Å². The zero-order valence-corrected chi connectivity index (χ0v) is 11.2. The van der Waals surface area contributed by atoms with Crippen molar-refractivity contribution in [1.82, 2.24) is 0 Å². The largest absolute Gasteiger partial charge is 0.304 e. The van der Waals surface area contributed by atoms with E-state index in [-0.39, 0.29) is 4.21 Å². The van der Waals surface area contributed by atoms with Gasteiger partial charge in [-0.25, -0.2) is 0 Å². The second-order valence-corrected chi connectivity index (χ2v) is 6.36. The lowest BCUT2D eigenvalue weighted by Crippen LogP contribution is -1.99. The van der Waals surface area contributed by atoms with Crippen molar-refractivity contribution >= 4 is 27.5 Å². The average molecular weight is 280 g/mol. The predicted molar refractivity (Wildman–Crippen MR) is 73.5 cm³/mol. The van der Waals surface area contributed by atoms with Gasteiger partial charge in [-0.2, -0.15) is 8.42 Å². The maximum absolute atomic E-state index is 11.2. The lowest BCUT2D eigenvalue weighted by atomic mass is 10.1. The summed E-state index contributed by atoms with van der Waals surface area (Å²) < 4.78 is 31.4. The van der Waals surface area contributed by atoms with Gasteiger partial charge in [-0.3, -0.25) is 4.55 Å². The first-order valence-corrected chi connectivity index (χ1v) is 7.58. The van der Waals surface area contributed by atoms with E-state index in [1.54, 1.807) is 17.5 Å². The van der Waals surface area contributed by atoms with E-state index in [1.165, 1.54) is 0 Å². The zero-order valence-electron chi connectivity index (χ0n) is 9.54. The maximum Gasteiger partial charge on any atom is 0.304 e. The van der Waals surface area contributed by atoms with Crippen LogP contribution in [-0.2, 0) is 16.5 Å². The molecule has 0 saturated heterocycles. The zero-order chi connectivity index (χ0) is 13.2. The molecule has 2 rings (SSSR count). The summed E-state index contributed by atoms with van der Waals surface area (Å²) in [5.74, 6) is 0. The van der Waals surface area contributed by atoms with Crippen molar-refractivity contribution in [3.8, 4) is 0 Å². The van der Waals surface area contributed by atoms with Crippen molar-refractivity contribution in [2.45, 2.75) is 10.6 Å². The van der Waals surface area contributed by atoms with Crippen LogP contribution in [0.1, 0.15) is 16.7 Å². The molecule has 94 valence electrons. The Balaban J connectivity index is 2.29. The van der Waals surface area contributed by atoms with Gasteiger partial charge in [0.25, 0.3) is 0 Å². The molecule has 1 N–H and O–H groups in total. The number of benzene rings is 1. The molecule has 1 aromatic heterocycles. The van der Waals surface area contributed by atoms with Crippen molar-refractivity contribution in [2.24, 2.45) is 0 Å². The molecular weight excluding hydrogens is 268 g/mol. The van der Waals surface area contributed by atoms with Crippen LogP contribution in [0.4, 0.5) is 0 Å². The third-order valence-electron chi connectivity index (χ3n) is 2.55. The molecule has 0 amide bonds. The van der Waals surface area contributed by atoms with E-state index in [2.05, 4.69) is 6.58 Å². The normalized spacial score (nSPS) is 11.4. The number of hydrogen-bond acceptors (Lipinski definition) is 3. The van der Waals surface area contributed by atoms with E-state index in [0.29, 0.717) is 12.0 Å². The van der Waals surface area contributed by atoms with Gasteiger partial charge in [-0.05, 0) is 34.6 Å². The first-order valence-electron chi connectivity index (χ1n) is 5.26. The molecule has 0 bridgehead atoms. The quantitative estimate of drug-likeness (QED) is 0.875. The van der Waals surface area contributed by atoms with Crippen molar-refractivity contribution in [2.75, 3.05) is 0 Å². The van der Waals surface area contributed by atoms with Gasteiger partial charge in [0.15, 0.2) is 0 Å². The molecule has 3 nitrogen and oxygen atoms in total. The summed E-state index contributed by atoms with van der Waals surface area (Å²) in [6, 6.07) is 9.39. The summed E-state index contributed by atoms with van der Waals surface area (Å²) in [7, 11) is -4.12. The van der Waals surface area contributed by atoms with E-state index in [9.17, 15) is 8.42 Å². The smallest absolute Gasteiger partial charge is 0.281 e. The summed E-state index contributed by atoms with van der Waals surface area (Å²) in [6.45, 7) is 3.67. The summed E-state index contributed by atoms with van der Waals surface area (Å²) in [5, 5.41) is 1.66. The summed E-state index contributed by atoms with van der Waals surface area (Å²) in [4.78, 5) is 0. The second kappa shape index (κ2) is 5.06. The van der Waals surface area contributed by atoms with Crippen LogP contribution in [0.2, 0.25) is 0 Å². The topological polar surface area (TPSA) is 54.4 Å².